The molecule has 7 nitrogen and oxygen atoms in total. The number of hydrogen-bond donors (Lipinski definition) is 4. The average molecular weight is 390 g/mol. The molecule has 8 heteroatoms. The SMILES string of the molecule is O=C(NCCC(O)C(O)c1c[nH]c2nccc(Cl)c12)OCc1ccccc1. The molecule has 2 heterocycles. The number of aromatic nitrogens is 2. The van der Waals surface area contributed by atoms with Gasteiger partial charge in [-0.25, -0.2) is 9.78 Å². The number of aliphatic hydroxyl groups excluding tert-OH is 2. The van der Waals surface area contributed by atoms with E-state index in [0.29, 0.717) is 21.6 Å². The molecular formula is C19H20ClN3O4. The first-order valence-corrected chi connectivity index (χ1v) is 8.86. The van der Waals surface area contributed by atoms with Gasteiger partial charge in [0.15, 0.2) is 0 Å². The van der Waals surface area contributed by atoms with Crippen molar-refractivity contribution in [2.24, 2.45) is 0 Å². The first kappa shape index (κ1) is 19.2. The van der Waals surface area contributed by atoms with E-state index in [2.05, 4.69) is 15.3 Å². The van der Waals surface area contributed by atoms with E-state index in [9.17, 15) is 15.0 Å². The summed E-state index contributed by atoms with van der Waals surface area (Å²) in [5.74, 6) is 0. The Morgan fingerprint density at radius 3 is 2.81 bits per heavy atom. The maximum Gasteiger partial charge on any atom is 0.407 e. The van der Waals surface area contributed by atoms with Crippen LogP contribution in [0.1, 0.15) is 23.7 Å². The molecule has 2 aromatic heterocycles. The van der Waals surface area contributed by atoms with Crippen LogP contribution < -0.4 is 5.32 Å². The number of aromatic amines is 1. The Hall–Kier alpha value is -2.61. The molecule has 4 N–H and O–H groups in total. The van der Waals surface area contributed by atoms with Gasteiger partial charge in [0.25, 0.3) is 0 Å². The van der Waals surface area contributed by atoms with Crippen LogP contribution in [0.5, 0.6) is 0 Å². The lowest BCUT2D eigenvalue weighted by Crippen LogP contribution is -2.29. The fraction of sp³-hybridized carbons (Fsp3) is 0.263. The molecule has 0 fully saturated rings. The number of nitrogens with zero attached hydrogens (tertiary/aromatic N) is 1. The van der Waals surface area contributed by atoms with Crippen LogP contribution in [-0.4, -0.2) is 38.9 Å². The Morgan fingerprint density at radius 1 is 1.26 bits per heavy atom. The van der Waals surface area contributed by atoms with Crippen molar-refractivity contribution < 1.29 is 19.7 Å². The molecule has 0 spiro atoms. The number of nitrogens with one attached hydrogen (secondary N) is 2. The Labute approximate surface area is 161 Å². The number of fused-ring (bicyclic) bond motifs is 1. The van der Waals surface area contributed by atoms with Gasteiger partial charge >= 0.3 is 6.09 Å². The molecule has 1 aromatic carbocycles. The normalized spacial score (nSPS) is 13.3. The molecule has 2 unspecified atom stereocenters. The maximum atomic E-state index is 11.7. The van der Waals surface area contributed by atoms with Crippen molar-refractivity contribution in [3.8, 4) is 0 Å². The summed E-state index contributed by atoms with van der Waals surface area (Å²) in [5, 5.41) is 24.2. The first-order chi connectivity index (χ1) is 13.1. The monoisotopic (exact) mass is 389 g/mol. The summed E-state index contributed by atoms with van der Waals surface area (Å²) in [6.45, 7) is 0.318. The van der Waals surface area contributed by atoms with Gasteiger partial charge < -0.3 is 25.3 Å². The van der Waals surface area contributed by atoms with Gasteiger partial charge in [0.05, 0.1) is 11.1 Å². The summed E-state index contributed by atoms with van der Waals surface area (Å²) < 4.78 is 5.09. The van der Waals surface area contributed by atoms with E-state index in [0.717, 1.165) is 5.56 Å². The molecule has 27 heavy (non-hydrogen) atoms. The smallest absolute Gasteiger partial charge is 0.407 e. The highest BCUT2D eigenvalue weighted by Gasteiger charge is 2.23. The van der Waals surface area contributed by atoms with E-state index in [1.807, 2.05) is 30.3 Å². The lowest BCUT2D eigenvalue weighted by molar-refractivity contribution is 0.0145. The van der Waals surface area contributed by atoms with Crippen LogP contribution in [0.25, 0.3) is 11.0 Å². The minimum absolute atomic E-state index is 0.145. The van der Waals surface area contributed by atoms with Crippen molar-refractivity contribution in [2.45, 2.75) is 25.2 Å². The highest BCUT2D eigenvalue weighted by atomic mass is 35.5. The molecule has 0 saturated carbocycles. The van der Waals surface area contributed by atoms with Crippen molar-refractivity contribution in [2.75, 3.05) is 6.54 Å². The molecule has 0 saturated heterocycles. The van der Waals surface area contributed by atoms with E-state index in [1.54, 1.807) is 18.5 Å². The molecule has 0 bridgehead atoms. The lowest BCUT2D eigenvalue weighted by Gasteiger charge is -2.18. The highest BCUT2D eigenvalue weighted by Crippen LogP contribution is 2.31. The number of pyridine rings is 1. The quantitative estimate of drug-likeness (QED) is 0.497. The van der Waals surface area contributed by atoms with Crippen LogP contribution >= 0.6 is 11.6 Å². The second kappa shape index (κ2) is 8.85. The third-order valence-electron chi connectivity index (χ3n) is 4.16. The van der Waals surface area contributed by atoms with Crippen LogP contribution in [0.3, 0.4) is 0 Å². The summed E-state index contributed by atoms with van der Waals surface area (Å²) in [5.41, 5.74) is 1.88. The third kappa shape index (κ3) is 4.77. The van der Waals surface area contributed by atoms with Crippen LogP contribution in [0.4, 0.5) is 4.79 Å². The zero-order valence-corrected chi connectivity index (χ0v) is 15.2. The second-order valence-electron chi connectivity index (χ2n) is 6.05. The number of benzene rings is 1. The van der Waals surface area contributed by atoms with E-state index < -0.39 is 18.3 Å². The molecular weight excluding hydrogens is 370 g/mol. The summed E-state index contributed by atoms with van der Waals surface area (Å²) in [4.78, 5) is 18.8. The predicted octanol–water partition coefficient (Wildman–Crippen LogP) is 2.93. The summed E-state index contributed by atoms with van der Waals surface area (Å²) in [6, 6.07) is 10.9. The number of ether oxygens (including phenoxy) is 1. The van der Waals surface area contributed by atoms with Gasteiger partial charge in [0.1, 0.15) is 18.4 Å². The van der Waals surface area contributed by atoms with Crippen molar-refractivity contribution in [3.05, 3.63) is 64.9 Å². The fourth-order valence-corrected chi connectivity index (χ4v) is 2.99. The average Bonchev–Trinajstić information content (AvgIpc) is 3.12. The van der Waals surface area contributed by atoms with Crippen LogP contribution in [0, 0.1) is 0 Å². The number of hydrogen-bond acceptors (Lipinski definition) is 5. The molecule has 0 radical (unpaired) electrons. The minimum atomic E-state index is -1.16. The summed E-state index contributed by atoms with van der Waals surface area (Å²) in [6.07, 6.45) is 0.432. The molecule has 0 aliphatic heterocycles. The molecule has 142 valence electrons. The number of carbonyl (C=O) groups is 1. The zero-order chi connectivity index (χ0) is 19.2. The van der Waals surface area contributed by atoms with Crippen LogP contribution in [-0.2, 0) is 11.3 Å². The van der Waals surface area contributed by atoms with Gasteiger partial charge in [-0.15, -0.1) is 0 Å². The number of halogens is 1. The molecule has 3 aromatic rings. The van der Waals surface area contributed by atoms with Gasteiger partial charge in [-0.05, 0) is 18.1 Å². The van der Waals surface area contributed by atoms with Gasteiger partial charge in [-0.1, -0.05) is 41.9 Å². The van der Waals surface area contributed by atoms with Crippen molar-refractivity contribution in [1.29, 1.82) is 0 Å². The van der Waals surface area contributed by atoms with Crippen LogP contribution in [0.15, 0.2) is 48.8 Å². The van der Waals surface area contributed by atoms with Gasteiger partial charge in [-0.2, -0.15) is 0 Å². The van der Waals surface area contributed by atoms with Crippen molar-refractivity contribution in [1.82, 2.24) is 15.3 Å². The highest BCUT2D eigenvalue weighted by molar-refractivity contribution is 6.35. The van der Waals surface area contributed by atoms with Crippen molar-refractivity contribution >= 4 is 28.7 Å². The topological polar surface area (TPSA) is 107 Å². The van der Waals surface area contributed by atoms with Gasteiger partial charge in [0, 0.05) is 29.9 Å². The number of alkyl carbamates (subject to hydrolysis) is 1. The largest absolute Gasteiger partial charge is 0.445 e. The Balaban J connectivity index is 1.48. The number of aliphatic hydroxyl groups is 2. The number of carbonyl (C=O) groups excluding carboxylic acids is 1. The first-order valence-electron chi connectivity index (χ1n) is 8.48. The minimum Gasteiger partial charge on any atom is -0.445 e. The molecule has 2 atom stereocenters. The van der Waals surface area contributed by atoms with E-state index in [1.165, 1.54) is 0 Å². The predicted molar refractivity (Wildman–Crippen MR) is 101 cm³/mol. The Morgan fingerprint density at radius 2 is 2.04 bits per heavy atom. The Kier molecular flexibility index (Phi) is 6.28. The standard InChI is InChI=1S/C19H20ClN3O4/c20-14-6-8-21-18-16(14)13(10-23-18)17(25)15(24)7-9-22-19(26)27-11-12-4-2-1-3-5-12/h1-6,8,10,15,17,24-25H,7,9,11H2,(H,21,23)(H,22,26). The molecule has 0 aliphatic rings. The number of amides is 1. The lowest BCUT2D eigenvalue weighted by atomic mass is 10.0. The third-order valence-corrected chi connectivity index (χ3v) is 4.47. The fourth-order valence-electron chi connectivity index (χ4n) is 2.74. The summed E-state index contributed by atoms with van der Waals surface area (Å²) >= 11 is 6.16. The number of rotatable bonds is 7. The second-order valence-corrected chi connectivity index (χ2v) is 6.46. The van der Waals surface area contributed by atoms with E-state index >= 15 is 0 Å². The molecule has 1 amide bonds. The maximum absolute atomic E-state index is 11.7. The van der Waals surface area contributed by atoms with E-state index in [-0.39, 0.29) is 19.6 Å². The van der Waals surface area contributed by atoms with E-state index in [4.69, 9.17) is 16.3 Å². The molecule has 3 rings (SSSR count). The molecule has 0 aliphatic carbocycles. The summed E-state index contributed by atoms with van der Waals surface area (Å²) in [7, 11) is 0. The Bertz CT molecular complexity index is 900. The number of H-pyrrole nitrogens is 1. The zero-order valence-electron chi connectivity index (χ0n) is 14.4. The van der Waals surface area contributed by atoms with Crippen molar-refractivity contribution in [3.63, 3.8) is 0 Å². The van der Waals surface area contributed by atoms with Crippen LogP contribution in [0.2, 0.25) is 5.02 Å². The van der Waals surface area contributed by atoms with Gasteiger partial charge in [-0.3, -0.25) is 0 Å². The van der Waals surface area contributed by atoms with Gasteiger partial charge in [0.2, 0.25) is 0 Å².